The second-order valence-electron chi connectivity index (χ2n) is 6.12. The predicted molar refractivity (Wildman–Crippen MR) is 72.0 cm³/mol. The molecule has 0 aliphatic carbocycles. The number of carbonyl (C=O) groups is 1. The summed E-state index contributed by atoms with van der Waals surface area (Å²) >= 11 is 0. The van der Waals surface area contributed by atoms with Gasteiger partial charge in [-0.05, 0) is 38.5 Å². The molecule has 0 N–H and O–H groups in total. The van der Waals surface area contributed by atoms with Crippen molar-refractivity contribution in [3.63, 3.8) is 0 Å². The predicted octanol–water partition coefficient (Wildman–Crippen LogP) is 3.20. The highest BCUT2D eigenvalue weighted by Crippen LogP contribution is 2.18. The van der Waals surface area contributed by atoms with Crippen LogP contribution >= 0.6 is 0 Å². The van der Waals surface area contributed by atoms with Crippen LogP contribution in [0.15, 0.2) is 0 Å². The smallest absolute Gasteiger partial charge is 0.320 e. The Labute approximate surface area is 106 Å². The van der Waals surface area contributed by atoms with Gasteiger partial charge in [0.15, 0.2) is 0 Å². The Morgan fingerprint density at radius 1 is 1.35 bits per heavy atom. The zero-order chi connectivity index (χ0) is 13.0. The third-order valence-corrected chi connectivity index (χ3v) is 3.36. The average molecular weight is 240 g/mol. The van der Waals surface area contributed by atoms with Crippen LogP contribution in [-0.4, -0.2) is 41.5 Å². The van der Waals surface area contributed by atoms with Gasteiger partial charge < -0.3 is 9.80 Å². The summed E-state index contributed by atoms with van der Waals surface area (Å²) in [6.07, 6.45) is 2.41. The summed E-state index contributed by atoms with van der Waals surface area (Å²) in [4.78, 5) is 16.5. The summed E-state index contributed by atoms with van der Waals surface area (Å²) in [6, 6.07) is 0.530. The van der Waals surface area contributed by atoms with Gasteiger partial charge in [-0.1, -0.05) is 20.8 Å². The molecule has 1 unspecified atom stereocenters. The third-order valence-electron chi connectivity index (χ3n) is 3.36. The topological polar surface area (TPSA) is 23.6 Å². The molecule has 0 saturated carbocycles. The summed E-state index contributed by atoms with van der Waals surface area (Å²) in [6.45, 7) is 13.5. The molecule has 0 spiro atoms. The van der Waals surface area contributed by atoms with Gasteiger partial charge in [0.2, 0.25) is 0 Å². The highest BCUT2D eigenvalue weighted by molar-refractivity contribution is 5.74. The van der Waals surface area contributed by atoms with Gasteiger partial charge in [0.1, 0.15) is 0 Å². The van der Waals surface area contributed by atoms with Crippen molar-refractivity contribution in [2.24, 2.45) is 11.8 Å². The summed E-state index contributed by atoms with van der Waals surface area (Å²) in [5.41, 5.74) is 0. The summed E-state index contributed by atoms with van der Waals surface area (Å²) in [5.74, 6) is 1.18. The largest absolute Gasteiger partial charge is 0.324 e. The first-order valence-electron chi connectivity index (χ1n) is 6.97. The quantitative estimate of drug-likeness (QED) is 0.743. The molecule has 0 radical (unpaired) electrons. The van der Waals surface area contributed by atoms with Crippen LogP contribution in [-0.2, 0) is 0 Å². The Morgan fingerprint density at radius 3 is 2.47 bits per heavy atom. The van der Waals surface area contributed by atoms with Crippen molar-refractivity contribution in [1.82, 2.24) is 9.80 Å². The lowest BCUT2D eigenvalue weighted by Gasteiger charge is -2.37. The van der Waals surface area contributed by atoms with Gasteiger partial charge in [0, 0.05) is 25.7 Å². The number of piperidine rings is 1. The molecule has 3 nitrogen and oxygen atoms in total. The van der Waals surface area contributed by atoms with Crippen LogP contribution in [0.1, 0.15) is 47.5 Å². The molecule has 0 aromatic carbocycles. The van der Waals surface area contributed by atoms with Gasteiger partial charge in [-0.25, -0.2) is 4.79 Å². The van der Waals surface area contributed by atoms with E-state index in [0.29, 0.717) is 17.9 Å². The van der Waals surface area contributed by atoms with E-state index in [-0.39, 0.29) is 6.03 Å². The molecule has 1 aliphatic heterocycles. The van der Waals surface area contributed by atoms with Crippen LogP contribution in [0.5, 0.6) is 0 Å². The average Bonchev–Trinajstić information content (AvgIpc) is 2.24. The first-order chi connectivity index (χ1) is 7.91. The number of nitrogens with zero attached hydrogens (tertiary/aromatic N) is 2. The molecular formula is C14H28N2O. The number of hydrogen-bond acceptors (Lipinski definition) is 1. The lowest BCUT2D eigenvalue weighted by molar-refractivity contribution is 0.115. The Morgan fingerprint density at radius 2 is 2.00 bits per heavy atom. The highest BCUT2D eigenvalue weighted by atomic mass is 16.2. The van der Waals surface area contributed by atoms with E-state index in [1.165, 1.54) is 6.42 Å². The molecule has 2 amide bonds. The number of rotatable bonds is 3. The van der Waals surface area contributed by atoms with Crippen LogP contribution in [0.25, 0.3) is 0 Å². The third kappa shape index (κ3) is 4.21. The maximum atomic E-state index is 12.5. The molecule has 1 saturated heterocycles. The fourth-order valence-corrected chi connectivity index (χ4v) is 2.45. The van der Waals surface area contributed by atoms with Gasteiger partial charge in [0.25, 0.3) is 0 Å². The van der Waals surface area contributed by atoms with Gasteiger partial charge >= 0.3 is 6.03 Å². The second-order valence-corrected chi connectivity index (χ2v) is 6.12. The fourth-order valence-electron chi connectivity index (χ4n) is 2.45. The standard InChI is InChI=1S/C14H28N2O/c1-11(2)9-16(12(3)4)14(17)15-8-6-7-13(5)10-15/h11-13H,6-10H2,1-5H3. The Bertz CT molecular complexity index is 251. The van der Waals surface area contributed by atoms with Gasteiger partial charge in [-0.2, -0.15) is 0 Å². The Kier molecular flexibility index (Phi) is 5.29. The molecule has 1 atom stereocenters. The Hall–Kier alpha value is -0.730. The lowest BCUT2D eigenvalue weighted by Crippen LogP contribution is -2.50. The molecule has 1 heterocycles. The van der Waals surface area contributed by atoms with Crippen LogP contribution in [0, 0.1) is 11.8 Å². The van der Waals surface area contributed by atoms with Gasteiger partial charge in [0.05, 0.1) is 0 Å². The van der Waals surface area contributed by atoms with E-state index in [4.69, 9.17) is 0 Å². The summed E-state index contributed by atoms with van der Waals surface area (Å²) in [7, 11) is 0. The SMILES string of the molecule is CC(C)CN(C(=O)N1CCCC(C)C1)C(C)C. The van der Waals surface area contributed by atoms with E-state index in [9.17, 15) is 4.79 Å². The van der Waals surface area contributed by atoms with Crippen LogP contribution in [0.4, 0.5) is 4.79 Å². The maximum absolute atomic E-state index is 12.5. The zero-order valence-electron chi connectivity index (χ0n) is 12.1. The van der Waals surface area contributed by atoms with E-state index < -0.39 is 0 Å². The number of hydrogen-bond donors (Lipinski definition) is 0. The van der Waals surface area contributed by atoms with Crippen LogP contribution < -0.4 is 0 Å². The minimum absolute atomic E-state index is 0.236. The molecule has 1 fully saturated rings. The van der Waals surface area contributed by atoms with Gasteiger partial charge in [-0.15, -0.1) is 0 Å². The molecule has 0 bridgehead atoms. The zero-order valence-corrected chi connectivity index (χ0v) is 12.1. The fraction of sp³-hybridized carbons (Fsp3) is 0.929. The van der Waals surface area contributed by atoms with Crippen molar-refractivity contribution >= 4 is 6.03 Å². The van der Waals surface area contributed by atoms with Crippen molar-refractivity contribution in [3.05, 3.63) is 0 Å². The molecule has 1 rings (SSSR count). The van der Waals surface area contributed by atoms with E-state index in [0.717, 1.165) is 26.1 Å². The number of amides is 2. The molecule has 0 aromatic heterocycles. The first-order valence-corrected chi connectivity index (χ1v) is 6.97. The van der Waals surface area contributed by atoms with E-state index >= 15 is 0 Å². The minimum atomic E-state index is 0.236. The van der Waals surface area contributed by atoms with Crippen molar-refractivity contribution in [1.29, 1.82) is 0 Å². The number of carbonyl (C=O) groups excluding carboxylic acids is 1. The number of urea groups is 1. The summed E-state index contributed by atoms with van der Waals surface area (Å²) in [5, 5.41) is 0. The maximum Gasteiger partial charge on any atom is 0.320 e. The monoisotopic (exact) mass is 240 g/mol. The Balaban J connectivity index is 2.63. The molecule has 17 heavy (non-hydrogen) atoms. The van der Waals surface area contributed by atoms with E-state index in [1.54, 1.807) is 0 Å². The molecule has 1 aliphatic rings. The molecule has 3 heteroatoms. The number of likely N-dealkylation sites (tertiary alicyclic amines) is 1. The van der Waals surface area contributed by atoms with Crippen molar-refractivity contribution < 1.29 is 4.79 Å². The highest BCUT2D eigenvalue weighted by Gasteiger charge is 2.26. The van der Waals surface area contributed by atoms with Gasteiger partial charge in [-0.3, -0.25) is 0 Å². The van der Waals surface area contributed by atoms with E-state index in [1.807, 2.05) is 9.80 Å². The van der Waals surface area contributed by atoms with Crippen LogP contribution in [0.3, 0.4) is 0 Å². The second kappa shape index (κ2) is 6.27. The van der Waals surface area contributed by atoms with Crippen molar-refractivity contribution in [2.45, 2.75) is 53.5 Å². The van der Waals surface area contributed by atoms with Crippen molar-refractivity contribution in [2.75, 3.05) is 19.6 Å². The normalized spacial score (nSPS) is 21.1. The molecule has 100 valence electrons. The minimum Gasteiger partial charge on any atom is -0.324 e. The molecule has 0 aromatic rings. The van der Waals surface area contributed by atoms with Crippen LogP contribution in [0.2, 0.25) is 0 Å². The molecular weight excluding hydrogens is 212 g/mol. The lowest BCUT2D eigenvalue weighted by atomic mass is 10.0. The van der Waals surface area contributed by atoms with Crippen molar-refractivity contribution in [3.8, 4) is 0 Å². The first kappa shape index (κ1) is 14.3. The van der Waals surface area contributed by atoms with E-state index in [2.05, 4.69) is 34.6 Å². The summed E-state index contributed by atoms with van der Waals surface area (Å²) < 4.78 is 0.